The van der Waals surface area contributed by atoms with E-state index in [1.54, 1.807) is 0 Å². The average molecular weight is 329 g/mol. The predicted molar refractivity (Wildman–Crippen MR) is 84.8 cm³/mol. The van der Waals surface area contributed by atoms with Gasteiger partial charge in [-0.15, -0.1) is 0 Å². The van der Waals surface area contributed by atoms with Crippen molar-refractivity contribution in [3.8, 4) is 0 Å². The molecule has 122 valence electrons. The number of ether oxygens (including phenoxy) is 1. The molecule has 1 aliphatic rings. The van der Waals surface area contributed by atoms with Crippen molar-refractivity contribution in [1.29, 1.82) is 0 Å². The summed E-state index contributed by atoms with van der Waals surface area (Å²) >= 11 is 5.89. The number of nitrogens with zero attached hydrogens (tertiary/aromatic N) is 1. The molecule has 1 saturated heterocycles. The van der Waals surface area contributed by atoms with E-state index in [0.29, 0.717) is 19.1 Å². The second kappa shape index (κ2) is 7.90. The molecule has 22 heavy (non-hydrogen) atoms. The van der Waals surface area contributed by atoms with Crippen LogP contribution in [0.5, 0.6) is 0 Å². The van der Waals surface area contributed by atoms with E-state index in [9.17, 15) is 9.18 Å². The highest BCUT2D eigenvalue weighted by Crippen LogP contribution is 2.17. The average Bonchev–Trinajstić information content (AvgIpc) is 2.44. The van der Waals surface area contributed by atoms with E-state index in [1.807, 2.05) is 0 Å². The van der Waals surface area contributed by atoms with Gasteiger partial charge in [-0.3, -0.25) is 9.69 Å². The molecule has 1 aromatic rings. The lowest BCUT2D eigenvalue weighted by molar-refractivity contribution is -0.0295. The molecule has 0 unspecified atom stereocenters. The minimum Gasteiger partial charge on any atom is -0.374 e. The van der Waals surface area contributed by atoms with Crippen LogP contribution < -0.4 is 5.32 Å². The van der Waals surface area contributed by atoms with Crippen molar-refractivity contribution >= 4 is 17.5 Å². The summed E-state index contributed by atoms with van der Waals surface area (Å²) in [5, 5.41) is 2.92. The number of halogens is 2. The zero-order valence-electron chi connectivity index (χ0n) is 12.9. The van der Waals surface area contributed by atoms with Crippen LogP contribution in [0.2, 0.25) is 5.02 Å². The van der Waals surface area contributed by atoms with Gasteiger partial charge in [-0.25, -0.2) is 4.39 Å². The zero-order valence-corrected chi connectivity index (χ0v) is 13.7. The van der Waals surface area contributed by atoms with Crippen LogP contribution >= 0.6 is 11.6 Å². The van der Waals surface area contributed by atoms with Crippen molar-refractivity contribution in [2.45, 2.75) is 20.0 Å². The molecule has 0 aliphatic carbocycles. The molecule has 1 amide bonds. The van der Waals surface area contributed by atoms with Crippen LogP contribution in [-0.2, 0) is 4.74 Å². The monoisotopic (exact) mass is 328 g/mol. The summed E-state index contributed by atoms with van der Waals surface area (Å²) in [7, 11) is 0. The molecule has 2 rings (SSSR count). The third-order valence-corrected chi connectivity index (χ3v) is 3.83. The van der Waals surface area contributed by atoms with Gasteiger partial charge in [-0.1, -0.05) is 25.4 Å². The summed E-state index contributed by atoms with van der Waals surface area (Å²) in [4.78, 5) is 14.4. The number of carbonyl (C=O) groups is 1. The molecule has 1 aliphatic heterocycles. The Morgan fingerprint density at radius 3 is 3.00 bits per heavy atom. The Labute approximate surface area is 135 Å². The van der Waals surface area contributed by atoms with Crippen molar-refractivity contribution in [1.82, 2.24) is 10.2 Å². The SMILES string of the molecule is CC(C)CN1CCO[C@@H](CNC(=O)c2ccc(F)cc2Cl)C1. The van der Waals surface area contributed by atoms with Crippen LogP contribution in [-0.4, -0.2) is 49.7 Å². The van der Waals surface area contributed by atoms with Gasteiger partial charge >= 0.3 is 0 Å². The maximum atomic E-state index is 13.0. The van der Waals surface area contributed by atoms with Gasteiger partial charge in [0.25, 0.3) is 5.91 Å². The second-order valence-corrected chi connectivity index (χ2v) is 6.39. The summed E-state index contributed by atoms with van der Waals surface area (Å²) < 4.78 is 18.7. The lowest BCUT2D eigenvalue weighted by Crippen LogP contribution is -2.48. The number of benzene rings is 1. The third-order valence-electron chi connectivity index (χ3n) is 3.51. The molecule has 1 aromatic carbocycles. The topological polar surface area (TPSA) is 41.6 Å². The first kappa shape index (κ1) is 17.2. The third kappa shape index (κ3) is 4.93. The molecule has 0 spiro atoms. The van der Waals surface area contributed by atoms with E-state index in [2.05, 4.69) is 24.1 Å². The van der Waals surface area contributed by atoms with Gasteiger partial charge in [-0.05, 0) is 24.1 Å². The van der Waals surface area contributed by atoms with Crippen LogP contribution in [0.25, 0.3) is 0 Å². The number of hydrogen-bond acceptors (Lipinski definition) is 3. The summed E-state index contributed by atoms with van der Waals surface area (Å²) in [5.41, 5.74) is 0.276. The normalized spacial score (nSPS) is 19.4. The lowest BCUT2D eigenvalue weighted by Gasteiger charge is -2.33. The first-order valence-corrected chi connectivity index (χ1v) is 7.90. The van der Waals surface area contributed by atoms with E-state index >= 15 is 0 Å². The summed E-state index contributed by atoms with van der Waals surface area (Å²) in [6.07, 6.45) is -0.0318. The van der Waals surface area contributed by atoms with Gasteiger partial charge in [-0.2, -0.15) is 0 Å². The number of amides is 1. The molecule has 6 heteroatoms. The number of carbonyl (C=O) groups excluding carboxylic acids is 1. The van der Waals surface area contributed by atoms with E-state index in [0.717, 1.165) is 25.7 Å². The molecule has 1 heterocycles. The second-order valence-electron chi connectivity index (χ2n) is 5.98. The number of nitrogens with one attached hydrogen (secondary N) is 1. The van der Waals surface area contributed by atoms with E-state index in [1.165, 1.54) is 12.1 Å². The lowest BCUT2D eigenvalue weighted by atomic mass is 10.1. The van der Waals surface area contributed by atoms with Crippen molar-refractivity contribution in [3.05, 3.63) is 34.6 Å². The Kier molecular flexibility index (Phi) is 6.17. The Morgan fingerprint density at radius 1 is 1.55 bits per heavy atom. The molecule has 0 aromatic heterocycles. The highest BCUT2D eigenvalue weighted by atomic mass is 35.5. The molecule has 0 saturated carbocycles. The smallest absolute Gasteiger partial charge is 0.252 e. The van der Waals surface area contributed by atoms with Gasteiger partial charge in [0.05, 0.1) is 23.3 Å². The van der Waals surface area contributed by atoms with E-state index in [4.69, 9.17) is 16.3 Å². The van der Waals surface area contributed by atoms with Crippen molar-refractivity contribution in [2.75, 3.05) is 32.8 Å². The molecule has 1 N–H and O–H groups in total. The van der Waals surface area contributed by atoms with Crippen LogP contribution in [0.1, 0.15) is 24.2 Å². The van der Waals surface area contributed by atoms with Crippen LogP contribution in [0, 0.1) is 11.7 Å². The molecule has 0 bridgehead atoms. The molecule has 1 atom stereocenters. The molecular formula is C16H22ClFN2O2. The van der Waals surface area contributed by atoms with Gasteiger partial charge < -0.3 is 10.1 Å². The number of morpholine rings is 1. The van der Waals surface area contributed by atoms with E-state index < -0.39 is 5.82 Å². The Morgan fingerprint density at radius 2 is 2.32 bits per heavy atom. The molecule has 0 radical (unpaired) electrons. The fourth-order valence-electron chi connectivity index (χ4n) is 2.56. The first-order valence-electron chi connectivity index (χ1n) is 7.53. The fourth-order valence-corrected chi connectivity index (χ4v) is 2.81. The summed E-state index contributed by atoms with van der Waals surface area (Å²) in [6.45, 7) is 8.21. The van der Waals surface area contributed by atoms with Crippen LogP contribution in [0.3, 0.4) is 0 Å². The van der Waals surface area contributed by atoms with Crippen molar-refractivity contribution < 1.29 is 13.9 Å². The van der Waals surface area contributed by atoms with Crippen LogP contribution in [0.4, 0.5) is 4.39 Å². The maximum Gasteiger partial charge on any atom is 0.252 e. The number of hydrogen-bond donors (Lipinski definition) is 1. The zero-order chi connectivity index (χ0) is 16.1. The fraction of sp³-hybridized carbons (Fsp3) is 0.562. The quantitative estimate of drug-likeness (QED) is 0.903. The largest absolute Gasteiger partial charge is 0.374 e. The minimum atomic E-state index is -0.457. The van der Waals surface area contributed by atoms with Crippen LogP contribution in [0.15, 0.2) is 18.2 Å². The first-order chi connectivity index (χ1) is 10.5. The van der Waals surface area contributed by atoms with Gasteiger partial charge in [0.2, 0.25) is 0 Å². The van der Waals surface area contributed by atoms with Crippen molar-refractivity contribution in [3.63, 3.8) is 0 Å². The Balaban J connectivity index is 1.85. The Bertz CT molecular complexity index is 525. The van der Waals surface area contributed by atoms with Gasteiger partial charge in [0, 0.05) is 26.2 Å². The molecule has 4 nitrogen and oxygen atoms in total. The summed E-state index contributed by atoms with van der Waals surface area (Å²) in [5.74, 6) is -0.164. The van der Waals surface area contributed by atoms with Gasteiger partial charge in [0.1, 0.15) is 5.82 Å². The predicted octanol–water partition coefficient (Wildman–Crippen LogP) is 2.57. The standard InChI is InChI=1S/C16H22ClFN2O2/c1-11(2)9-20-5-6-22-13(10-20)8-19-16(21)14-4-3-12(18)7-15(14)17/h3-4,7,11,13H,5-6,8-10H2,1-2H3,(H,19,21)/t13-/m0/s1. The highest BCUT2D eigenvalue weighted by molar-refractivity contribution is 6.33. The van der Waals surface area contributed by atoms with Gasteiger partial charge in [0.15, 0.2) is 0 Å². The van der Waals surface area contributed by atoms with Crippen molar-refractivity contribution in [2.24, 2.45) is 5.92 Å². The minimum absolute atomic E-state index is 0.0318. The summed E-state index contributed by atoms with van der Waals surface area (Å²) in [6, 6.07) is 3.75. The Hall–Kier alpha value is -1.17. The van der Waals surface area contributed by atoms with E-state index in [-0.39, 0.29) is 22.6 Å². The maximum absolute atomic E-state index is 13.0. The number of rotatable bonds is 5. The molecular weight excluding hydrogens is 307 g/mol. The highest BCUT2D eigenvalue weighted by Gasteiger charge is 2.22. The molecule has 1 fully saturated rings.